The second-order valence-electron chi connectivity index (χ2n) is 6.11. The van der Waals surface area contributed by atoms with Gasteiger partial charge in [0.05, 0.1) is 11.7 Å². The van der Waals surface area contributed by atoms with E-state index in [4.69, 9.17) is 5.73 Å². The molecule has 2 heterocycles. The zero-order valence-electron chi connectivity index (χ0n) is 14.4. The van der Waals surface area contributed by atoms with E-state index in [0.29, 0.717) is 13.1 Å². The van der Waals surface area contributed by atoms with Gasteiger partial charge >= 0.3 is 0 Å². The van der Waals surface area contributed by atoms with Gasteiger partial charge in [0, 0.05) is 36.3 Å². The number of fused-ring (bicyclic) bond motifs is 1. The molecule has 3 N–H and O–H groups in total. The Bertz CT molecular complexity index is 692. The molecule has 1 atom stereocenters. The van der Waals surface area contributed by atoms with E-state index in [1.807, 2.05) is 29.4 Å². The number of aromatic amines is 1. The zero-order chi connectivity index (χ0) is 16.9. The second-order valence-corrected chi connectivity index (χ2v) is 7.09. The molecule has 1 aromatic carbocycles. The summed E-state index contributed by atoms with van der Waals surface area (Å²) in [5, 5.41) is 7.66. The summed E-state index contributed by atoms with van der Waals surface area (Å²) < 4.78 is 0. The first-order valence-electron chi connectivity index (χ1n) is 8.35. The van der Waals surface area contributed by atoms with Crippen LogP contribution in [0.4, 0.5) is 0 Å². The van der Waals surface area contributed by atoms with Gasteiger partial charge in [0.1, 0.15) is 0 Å². The molecule has 5 nitrogen and oxygen atoms in total. The number of aromatic nitrogens is 2. The van der Waals surface area contributed by atoms with Crippen LogP contribution in [0, 0.1) is 0 Å². The number of hydrogen-bond acceptors (Lipinski definition) is 4. The Balaban J connectivity index is 0.00000225. The predicted octanol–water partition coefficient (Wildman–Crippen LogP) is 2.51. The molecule has 2 aromatic rings. The largest absolute Gasteiger partial charge is 0.341 e. The maximum absolute atomic E-state index is 12.6. The van der Waals surface area contributed by atoms with Crippen LogP contribution in [-0.4, -0.2) is 52.1 Å². The van der Waals surface area contributed by atoms with Gasteiger partial charge in [0.2, 0.25) is 5.91 Å². The molecular weight excluding hydrogens is 356 g/mol. The van der Waals surface area contributed by atoms with Crippen molar-refractivity contribution in [3.8, 4) is 11.3 Å². The minimum Gasteiger partial charge on any atom is -0.341 e. The lowest BCUT2D eigenvalue weighted by molar-refractivity contribution is -0.132. The minimum atomic E-state index is -0.388. The highest BCUT2D eigenvalue weighted by atomic mass is 35.5. The van der Waals surface area contributed by atoms with Crippen LogP contribution in [0.5, 0.6) is 0 Å². The number of nitrogens with zero attached hydrogens (tertiary/aromatic N) is 2. The number of carbonyl (C=O) groups excluding carboxylic acids is 1. The molecular formula is C18H25ClN4OS. The van der Waals surface area contributed by atoms with Crippen molar-refractivity contribution in [1.82, 2.24) is 15.1 Å². The van der Waals surface area contributed by atoms with E-state index in [1.54, 1.807) is 11.8 Å². The quantitative estimate of drug-likeness (QED) is 0.835. The molecule has 3 rings (SSSR count). The molecule has 0 radical (unpaired) electrons. The molecule has 0 unspecified atom stereocenters. The summed E-state index contributed by atoms with van der Waals surface area (Å²) in [4.78, 5) is 14.5. The van der Waals surface area contributed by atoms with Crippen LogP contribution >= 0.6 is 24.2 Å². The number of hydrogen-bond donors (Lipinski definition) is 2. The van der Waals surface area contributed by atoms with Gasteiger partial charge < -0.3 is 10.6 Å². The SMILES string of the molecule is CSCC[C@@H](N)C(=O)N1CCc2[nH]nc(-c3ccccc3)c2CC1.Cl. The molecule has 1 aliphatic heterocycles. The maximum atomic E-state index is 12.6. The van der Waals surface area contributed by atoms with Crippen molar-refractivity contribution in [2.24, 2.45) is 5.73 Å². The van der Waals surface area contributed by atoms with Crippen LogP contribution in [0.2, 0.25) is 0 Å². The molecule has 0 bridgehead atoms. The topological polar surface area (TPSA) is 75.0 Å². The van der Waals surface area contributed by atoms with Crippen molar-refractivity contribution in [3.05, 3.63) is 41.6 Å². The summed E-state index contributed by atoms with van der Waals surface area (Å²) in [5.74, 6) is 0.991. The van der Waals surface area contributed by atoms with Gasteiger partial charge in [-0.2, -0.15) is 16.9 Å². The van der Waals surface area contributed by atoms with Crippen LogP contribution in [0.3, 0.4) is 0 Å². The highest BCUT2D eigenvalue weighted by Crippen LogP contribution is 2.26. The number of H-pyrrole nitrogens is 1. The van der Waals surface area contributed by atoms with Gasteiger partial charge in [0.25, 0.3) is 0 Å². The Morgan fingerprint density at radius 3 is 2.76 bits per heavy atom. The smallest absolute Gasteiger partial charge is 0.239 e. The summed E-state index contributed by atoms with van der Waals surface area (Å²) in [5.41, 5.74) is 10.6. The standard InChI is InChI=1S/C18H24N4OS.ClH/c1-24-12-9-15(19)18(23)22-10-7-14-16(8-11-22)20-21-17(14)13-5-3-2-4-6-13;/h2-6,15H,7-12,19H2,1H3,(H,20,21);1H/t15-;/m1./s1. The molecule has 1 aromatic heterocycles. The monoisotopic (exact) mass is 380 g/mol. The van der Waals surface area contributed by atoms with Gasteiger partial charge in [0.15, 0.2) is 0 Å². The molecule has 0 fully saturated rings. The number of nitrogens with two attached hydrogens (primary N) is 1. The maximum Gasteiger partial charge on any atom is 0.239 e. The molecule has 1 amide bonds. The van der Waals surface area contributed by atoms with Crippen LogP contribution in [0.25, 0.3) is 11.3 Å². The number of nitrogens with one attached hydrogen (secondary N) is 1. The van der Waals surface area contributed by atoms with Crippen molar-refractivity contribution in [2.75, 3.05) is 25.1 Å². The number of benzene rings is 1. The van der Waals surface area contributed by atoms with Crippen LogP contribution in [-0.2, 0) is 17.6 Å². The summed E-state index contributed by atoms with van der Waals surface area (Å²) in [6.07, 6.45) is 4.39. The Morgan fingerprint density at radius 2 is 2.04 bits per heavy atom. The number of carbonyl (C=O) groups is 1. The average Bonchev–Trinajstić information content (AvgIpc) is 2.91. The average molecular weight is 381 g/mol. The molecule has 7 heteroatoms. The lowest BCUT2D eigenvalue weighted by Crippen LogP contribution is -2.45. The van der Waals surface area contributed by atoms with Gasteiger partial charge in [-0.3, -0.25) is 9.89 Å². The first kappa shape index (κ1) is 19.8. The molecule has 0 saturated heterocycles. The van der Waals surface area contributed by atoms with E-state index in [9.17, 15) is 4.79 Å². The molecule has 25 heavy (non-hydrogen) atoms. The summed E-state index contributed by atoms with van der Waals surface area (Å²) in [6, 6.07) is 9.80. The number of halogens is 1. The molecule has 0 aliphatic carbocycles. The van der Waals surface area contributed by atoms with E-state index >= 15 is 0 Å². The van der Waals surface area contributed by atoms with E-state index in [0.717, 1.165) is 42.0 Å². The van der Waals surface area contributed by atoms with E-state index in [2.05, 4.69) is 22.3 Å². The Morgan fingerprint density at radius 1 is 1.32 bits per heavy atom. The Hall–Kier alpha value is -1.50. The fraction of sp³-hybridized carbons (Fsp3) is 0.444. The highest BCUT2D eigenvalue weighted by Gasteiger charge is 2.25. The third-order valence-electron chi connectivity index (χ3n) is 4.53. The third kappa shape index (κ3) is 4.57. The van der Waals surface area contributed by atoms with Crippen molar-refractivity contribution in [1.29, 1.82) is 0 Å². The molecule has 0 spiro atoms. The lowest BCUT2D eigenvalue weighted by Gasteiger charge is -2.24. The molecule has 0 saturated carbocycles. The second kappa shape index (κ2) is 9.27. The van der Waals surface area contributed by atoms with Crippen LogP contribution in [0.15, 0.2) is 30.3 Å². The van der Waals surface area contributed by atoms with Crippen LogP contribution in [0.1, 0.15) is 17.7 Å². The van der Waals surface area contributed by atoms with Crippen molar-refractivity contribution < 1.29 is 4.79 Å². The Kier molecular flexibility index (Phi) is 7.35. The van der Waals surface area contributed by atoms with Crippen molar-refractivity contribution in [2.45, 2.75) is 25.3 Å². The van der Waals surface area contributed by atoms with Gasteiger partial charge in [-0.15, -0.1) is 12.4 Å². The normalized spacial score (nSPS) is 15.0. The first-order valence-corrected chi connectivity index (χ1v) is 9.75. The summed E-state index contributed by atoms with van der Waals surface area (Å²) in [7, 11) is 0. The fourth-order valence-corrected chi connectivity index (χ4v) is 3.63. The first-order chi connectivity index (χ1) is 11.7. The van der Waals surface area contributed by atoms with Crippen molar-refractivity contribution in [3.63, 3.8) is 0 Å². The van der Waals surface area contributed by atoms with E-state index < -0.39 is 0 Å². The zero-order valence-corrected chi connectivity index (χ0v) is 16.0. The molecule has 136 valence electrons. The van der Waals surface area contributed by atoms with E-state index in [-0.39, 0.29) is 24.4 Å². The number of rotatable bonds is 5. The summed E-state index contributed by atoms with van der Waals surface area (Å²) in [6.45, 7) is 1.41. The fourth-order valence-electron chi connectivity index (χ4n) is 3.14. The van der Waals surface area contributed by atoms with Crippen LogP contribution < -0.4 is 5.73 Å². The third-order valence-corrected chi connectivity index (χ3v) is 5.17. The molecule has 1 aliphatic rings. The van der Waals surface area contributed by atoms with Gasteiger partial charge in [-0.05, 0) is 24.9 Å². The highest BCUT2D eigenvalue weighted by molar-refractivity contribution is 7.98. The van der Waals surface area contributed by atoms with Crippen molar-refractivity contribution >= 4 is 30.1 Å². The number of thioether (sulfide) groups is 1. The van der Waals surface area contributed by atoms with Gasteiger partial charge in [-0.1, -0.05) is 30.3 Å². The van der Waals surface area contributed by atoms with E-state index in [1.165, 1.54) is 5.56 Å². The summed E-state index contributed by atoms with van der Waals surface area (Å²) >= 11 is 1.72. The predicted molar refractivity (Wildman–Crippen MR) is 106 cm³/mol. The number of amides is 1. The lowest BCUT2D eigenvalue weighted by atomic mass is 10.0. The Labute approximate surface area is 159 Å². The minimum absolute atomic E-state index is 0. The van der Waals surface area contributed by atoms with Gasteiger partial charge in [-0.25, -0.2) is 0 Å².